The van der Waals surface area contributed by atoms with E-state index in [0.29, 0.717) is 46.3 Å². The van der Waals surface area contributed by atoms with Crippen molar-refractivity contribution in [3.8, 4) is 29.1 Å². The Labute approximate surface area is 232 Å². The fourth-order valence-electron chi connectivity index (χ4n) is 3.94. The van der Waals surface area contributed by atoms with Crippen LogP contribution in [0.5, 0.6) is 23.0 Å². The van der Waals surface area contributed by atoms with Crippen molar-refractivity contribution in [2.24, 2.45) is 11.0 Å². The molecule has 0 aliphatic carbocycles. The van der Waals surface area contributed by atoms with Gasteiger partial charge in [-0.3, -0.25) is 9.59 Å². The first-order chi connectivity index (χ1) is 19.4. The van der Waals surface area contributed by atoms with Crippen molar-refractivity contribution in [3.05, 3.63) is 82.9 Å². The molecule has 206 valence electrons. The zero-order valence-corrected chi connectivity index (χ0v) is 22.5. The summed E-state index contributed by atoms with van der Waals surface area (Å²) in [6.45, 7) is 6.25. The van der Waals surface area contributed by atoms with Gasteiger partial charge in [0.05, 0.1) is 24.5 Å². The second kappa shape index (κ2) is 13.2. The summed E-state index contributed by atoms with van der Waals surface area (Å²) in [4.78, 5) is 25.7. The highest BCUT2D eigenvalue weighted by Crippen LogP contribution is 2.32. The summed E-state index contributed by atoms with van der Waals surface area (Å²) in [5, 5.41) is 16.1. The lowest BCUT2D eigenvalue weighted by Gasteiger charge is -2.20. The maximum Gasteiger partial charge on any atom is 0.262 e. The number of rotatable bonds is 11. The summed E-state index contributed by atoms with van der Waals surface area (Å²) >= 11 is 0. The maximum atomic E-state index is 12.9. The smallest absolute Gasteiger partial charge is 0.262 e. The molecule has 0 saturated heterocycles. The van der Waals surface area contributed by atoms with Crippen LogP contribution in [0.4, 0.5) is 0 Å². The van der Waals surface area contributed by atoms with Gasteiger partial charge in [-0.05, 0) is 60.9 Å². The molecule has 10 heteroatoms. The SMILES string of the molecule is CCOc1cc(/C=N/NC(=O)C(NC(=O)c2ccc3c(c2)OCO3)C(C)C)ccc1OCc1ccccc1C#N. The third-order valence-corrected chi connectivity index (χ3v) is 6.05. The zero-order chi connectivity index (χ0) is 28.5. The first-order valence-corrected chi connectivity index (χ1v) is 12.8. The molecule has 1 atom stereocenters. The van der Waals surface area contributed by atoms with E-state index in [9.17, 15) is 14.9 Å². The first kappa shape index (κ1) is 28.0. The largest absolute Gasteiger partial charge is 0.490 e. The van der Waals surface area contributed by atoms with Crippen LogP contribution in [-0.4, -0.2) is 37.5 Å². The highest BCUT2D eigenvalue weighted by Gasteiger charge is 2.25. The van der Waals surface area contributed by atoms with Gasteiger partial charge in [-0.1, -0.05) is 32.0 Å². The Hall–Kier alpha value is -5.04. The number of carbonyl (C=O) groups is 2. The van der Waals surface area contributed by atoms with Gasteiger partial charge in [0.25, 0.3) is 11.8 Å². The molecule has 0 spiro atoms. The molecule has 3 aromatic rings. The third-order valence-electron chi connectivity index (χ3n) is 6.05. The molecular weight excluding hydrogens is 512 g/mol. The molecule has 0 aromatic heterocycles. The number of fused-ring (bicyclic) bond motifs is 1. The van der Waals surface area contributed by atoms with Crippen molar-refractivity contribution in [1.82, 2.24) is 10.7 Å². The van der Waals surface area contributed by atoms with Crippen molar-refractivity contribution in [2.75, 3.05) is 13.4 Å². The van der Waals surface area contributed by atoms with E-state index in [4.69, 9.17) is 18.9 Å². The molecule has 10 nitrogen and oxygen atoms in total. The minimum absolute atomic E-state index is 0.105. The Morgan fingerprint density at radius 3 is 2.62 bits per heavy atom. The normalized spacial score (nSPS) is 12.6. The van der Waals surface area contributed by atoms with Crippen LogP contribution in [-0.2, 0) is 11.4 Å². The lowest BCUT2D eigenvalue weighted by atomic mass is 10.0. The van der Waals surface area contributed by atoms with E-state index in [1.54, 1.807) is 48.5 Å². The second-order valence-corrected chi connectivity index (χ2v) is 9.19. The fraction of sp³-hybridized carbons (Fsp3) is 0.267. The predicted molar refractivity (Wildman–Crippen MR) is 147 cm³/mol. The lowest BCUT2D eigenvalue weighted by Crippen LogP contribution is -2.48. The topological polar surface area (TPSA) is 131 Å². The molecule has 1 aliphatic heterocycles. The summed E-state index contributed by atoms with van der Waals surface area (Å²) in [7, 11) is 0. The van der Waals surface area contributed by atoms with Crippen LogP contribution in [0, 0.1) is 17.2 Å². The third kappa shape index (κ3) is 6.88. The molecular formula is C30H30N4O6. The quantitative estimate of drug-likeness (QED) is 0.275. The second-order valence-electron chi connectivity index (χ2n) is 9.19. The van der Waals surface area contributed by atoms with Crippen LogP contribution in [0.15, 0.2) is 65.8 Å². The monoisotopic (exact) mass is 542 g/mol. The number of amides is 2. The van der Waals surface area contributed by atoms with Crippen molar-refractivity contribution in [2.45, 2.75) is 33.4 Å². The van der Waals surface area contributed by atoms with Crippen molar-refractivity contribution >= 4 is 18.0 Å². The molecule has 2 N–H and O–H groups in total. The van der Waals surface area contributed by atoms with E-state index in [1.165, 1.54) is 6.21 Å². The zero-order valence-electron chi connectivity index (χ0n) is 22.5. The molecule has 1 heterocycles. The van der Waals surface area contributed by atoms with E-state index in [-0.39, 0.29) is 19.3 Å². The van der Waals surface area contributed by atoms with Gasteiger partial charge in [-0.2, -0.15) is 10.4 Å². The minimum Gasteiger partial charge on any atom is -0.490 e. The number of hydrogen-bond donors (Lipinski definition) is 2. The molecule has 0 bridgehead atoms. The van der Waals surface area contributed by atoms with Crippen LogP contribution < -0.4 is 29.7 Å². The predicted octanol–water partition coefficient (Wildman–Crippen LogP) is 4.17. The van der Waals surface area contributed by atoms with E-state index in [1.807, 2.05) is 32.9 Å². The van der Waals surface area contributed by atoms with E-state index in [0.717, 1.165) is 5.56 Å². The summed E-state index contributed by atoms with van der Waals surface area (Å²) in [5.41, 5.74) is 4.84. The molecule has 0 fully saturated rings. The Balaban J connectivity index is 1.38. The lowest BCUT2D eigenvalue weighted by molar-refractivity contribution is -0.123. The van der Waals surface area contributed by atoms with Crippen molar-refractivity contribution in [1.29, 1.82) is 5.26 Å². The number of nitrogens with zero attached hydrogens (tertiary/aromatic N) is 2. The molecule has 1 aliphatic rings. The van der Waals surface area contributed by atoms with E-state index in [2.05, 4.69) is 21.9 Å². The van der Waals surface area contributed by atoms with Crippen molar-refractivity contribution in [3.63, 3.8) is 0 Å². The van der Waals surface area contributed by atoms with Gasteiger partial charge < -0.3 is 24.3 Å². The van der Waals surface area contributed by atoms with Gasteiger partial charge in [-0.15, -0.1) is 0 Å². The van der Waals surface area contributed by atoms with Gasteiger partial charge in [0.2, 0.25) is 6.79 Å². The summed E-state index contributed by atoms with van der Waals surface area (Å²) in [6.07, 6.45) is 1.48. The average Bonchev–Trinajstić information content (AvgIpc) is 3.43. The summed E-state index contributed by atoms with van der Waals surface area (Å²) < 4.78 is 22.3. The number of ether oxygens (including phenoxy) is 4. The minimum atomic E-state index is -0.818. The fourth-order valence-corrected chi connectivity index (χ4v) is 3.94. The van der Waals surface area contributed by atoms with Gasteiger partial charge in [-0.25, -0.2) is 5.43 Å². The summed E-state index contributed by atoms with van der Waals surface area (Å²) in [6, 6.07) is 18.7. The molecule has 40 heavy (non-hydrogen) atoms. The Morgan fingerprint density at radius 2 is 1.85 bits per heavy atom. The molecule has 2 amide bonds. The molecule has 1 unspecified atom stereocenters. The number of nitriles is 1. The highest BCUT2D eigenvalue weighted by molar-refractivity contribution is 5.98. The van der Waals surface area contributed by atoms with Crippen LogP contribution in [0.1, 0.15) is 47.8 Å². The number of benzene rings is 3. The van der Waals surface area contributed by atoms with Crippen LogP contribution in [0.2, 0.25) is 0 Å². The molecule has 0 radical (unpaired) electrons. The maximum absolute atomic E-state index is 12.9. The number of nitrogens with one attached hydrogen (secondary N) is 2. The molecule has 0 saturated carbocycles. The van der Waals surface area contributed by atoms with Gasteiger partial charge in [0.15, 0.2) is 23.0 Å². The van der Waals surface area contributed by atoms with Gasteiger partial charge >= 0.3 is 0 Å². The Bertz CT molecular complexity index is 1450. The first-order valence-electron chi connectivity index (χ1n) is 12.8. The van der Waals surface area contributed by atoms with Crippen molar-refractivity contribution < 1.29 is 28.5 Å². The molecule has 4 rings (SSSR count). The highest BCUT2D eigenvalue weighted by atomic mass is 16.7. The van der Waals surface area contributed by atoms with Crippen LogP contribution in [0.25, 0.3) is 0 Å². The Morgan fingerprint density at radius 1 is 1.05 bits per heavy atom. The van der Waals surface area contributed by atoms with E-state index >= 15 is 0 Å². The standard InChI is InChI=1S/C30H30N4O6/c1-4-37-26-13-20(9-11-24(26)38-17-23-8-6-5-7-22(23)15-31)16-32-34-30(36)28(19(2)3)33-29(35)21-10-12-25-27(14-21)40-18-39-25/h5-14,16,19,28H,4,17-18H2,1-3H3,(H,33,35)(H,34,36)/b32-16+. The number of hydrazone groups is 1. The van der Waals surface area contributed by atoms with Crippen LogP contribution >= 0.6 is 0 Å². The number of hydrogen-bond acceptors (Lipinski definition) is 8. The summed E-state index contributed by atoms with van der Waals surface area (Å²) in [5.74, 6) is 1.01. The number of carbonyl (C=O) groups excluding carboxylic acids is 2. The van der Waals surface area contributed by atoms with Gasteiger partial charge in [0.1, 0.15) is 12.6 Å². The average molecular weight is 543 g/mol. The van der Waals surface area contributed by atoms with Gasteiger partial charge in [0, 0.05) is 11.1 Å². The Kier molecular flexibility index (Phi) is 9.20. The van der Waals surface area contributed by atoms with Crippen LogP contribution in [0.3, 0.4) is 0 Å². The molecule has 3 aromatic carbocycles. The van der Waals surface area contributed by atoms with E-state index < -0.39 is 17.9 Å².